The fourth-order valence-corrected chi connectivity index (χ4v) is 1.98. The predicted molar refractivity (Wildman–Crippen MR) is 62.6 cm³/mol. The van der Waals surface area contributed by atoms with Crippen LogP contribution < -0.4 is 4.74 Å². The second-order valence-corrected chi connectivity index (χ2v) is 4.39. The maximum atomic E-state index is 13.4. The number of alkyl halides is 3. The van der Waals surface area contributed by atoms with Gasteiger partial charge in [-0.2, -0.15) is 13.2 Å². The van der Waals surface area contributed by atoms with Crippen LogP contribution in [0.4, 0.5) is 17.6 Å². The molecule has 0 aliphatic carbocycles. The summed E-state index contributed by atoms with van der Waals surface area (Å²) in [5.74, 6) is -1.01. The van der Waals surface area contributed by atoms with Crippen molar-refractivity contribution in [2.45, 2.75) is 38.0 Å². The average Bonchev–Trinajstić information content (AvgIpc) is 2.28. The van der Waals surface area contributed by atoms with Crippen LogP contribution in [0.15, 0.2) is 18.2 Å². The van der Waals surface area contributed by atoms with E-state index in [-0.39, 0.29) is 17.7 Å². The highest BCUT2D eigenvalue weighted by Gasteiger charge is 2.53. The first kappa shape index (κ1) is 15.8. The van der Waals surface area contributed by atoms with E-state index in [2.05, 4.69) is 0 Å². The Morgan fingerprint density at radius 1 is 1.26 bits per heavy atom. The van der Waals surface area contributed by atoms with Gasteiger partial charge in [-0.05, 0) is 12.5 Å². The Morgan fingerprint density at radius 2 is 1.89 bits per heavy atom. The van der Waals surface area contributed by atoms with Crippen molar-refractivity contribution in [3.05, 3.63) is 29.6 Å². The molecule has 1 rings (SSSR count). The summed E-state index contributed by atoms with van der Waals surface area (Å²) in [7, 11) is 1.17. The van der Waals surface area contributed by atoms with Crippen molar-refractivity contribution in [1.82, 2.24) is 0 Å². The molecule has 1 aromatic carbocycles. The lowest BCUT2D eigenvalue weighted by Gasteiger charge is -2.30. The van der Waals surface area contributed by atoms with Gasteiger partial charge in [0.15, 0.2) is 17.2 Å². The zero-order chi connectivity index (χ0) is 14.7. The second-order valence-electron chi connectivity index (χ2n) is 4.39. The number of methoxy groups -OCH3 is 1. The highest BCUT2D eigenvalue weighted by Crippen LogP contribution is 2.38. The van der Waals surface area contributed by atoms with E-state index in [1.165, 1.54) is 19.2 Å². The van der Waals surface area contributed by atoms with Crippen LogP contribution in [0.1, 0.15) is 25.3 Å². The van der Waals surface area contributed by atoms with Crippen LogP contribution in [0, 0.1) is 5.82 Å². The molecular weight excluding hydrogens is 264 g/mol. The quantitative estimate of drug-likeness (QED) is 0.837. The first-order valence-corrected chi connectivity index (χ1v) is 5.85. The van der Waals surface area contributed by atoms with E-state index >= 15 is 0 Å². The third-order valence-electron chi connectivity index (χ3n) is 2.93. The number of rotatable bonds is 5. The highest BCUT2D eigenvalue weighted by atomic mass is 19.4. The molecule has 0 aromatic heterocycles. The summed E-state index contributed by atoms with van der Waals surface area (Å²) < 4.78 is 57.0. The smallest absolute Gasteiger partial charge is 0.417 e. The van der Waals surface area contributed by atoms with Gasteiger partial charge in [-0.3, -0.25) is 0 Å². The van der Waals surface area contributed by atoms with Crippen molar-refractivity contribution in [2.75, 3.05) is 7.11 Å². The molecule has 0 spiro atoms. The summed E-state index contributed by atoms with van der Waals surface area (Å²) >= 11 is 0. The van der Waals surface area contributed by atoms with Gasteiger partial charge in [0.1, 0.15) is 0 Å². The number of ether oxygens (including phenoxy) is 1. The Hall–Kier alpha value is -1.30. The zero-order valence-electron chi connectivity index (χ0n) is 10.7. The number of aliphatic hydroxyl groups is 1. The van der Waals surface area contributed by atoms with E-state index in [1.54, 1.807) is 6.92 Å². The van der Waals surface area contributed by atoms with Crippen molar-refractivity contribution in [3.63, 3.8) is 0 Å². The Balaban J connectivity index is 3.14. The molecule has 1 aromatic rings. The zero-order valence-corrected chi connectivity index (χ0v) is 10.7. The van der Waals surface area contributed by atoms with Gasteiger partial charge in [0.05, 0.1) is 7.11 Å². The minimum absolute atomic E-state index is 0.00391. The SMILES string of the molecule is CCCC(O)(Cc1cccc(F)c1OC)C(F)(F)F. The maximum Gasteiger partial charge on any atom is 0.417 e. The standard InChI is InChI=1S/C13H16F4O2/c1-3-7-12(18,13(15,16)17)8-9-5-4-6-10(14)11(9)19-2/h4-6,18H,3,7-8H2,1-2H3. The van der Waals surface area contributed by atoms with Gasteiger partial charge >= 0.3 is 6.18 Å². The van der Waals surface area contributed by atoms with Gasteiger partial charge in [0.2, 0.25) is 0 Å². The number of benzene rings is 1. The molecule has 1 unspecified atom stereocenters. The number of para-hydroxylation sites is 1. The van der Waals surface area contributed by atoms with Crippen LogP contribution in [0.25, 0.3) is 0 Å². The minimum atomic E-state index is -4.78. The predicted octanol–water partition coefficient (Wildman–Crippen LogP) is 3.47. The Bertz CT molecular complexity index is 431. The van der Waals surface area contributed by atoms with Gasteiger partial charge in [-0.1, -0.05) is 25.5 Å². The molecule has 1 N–H and O–H groups in total. The summed E-state index contributed by atoms with van der Waals surface area (Å²) in [6, 6.07) is 3.69. The topological polar surface area (TPSA) is 29.5 Å². The van der Waals surface area contributed by atoms with Gasteiger partial charge < -0.3 is 9.84 Å². The van der Waals surface area contributed by atoms with Crippen molar-refractivity contribution in [1.29, 1.82) is 0 Å². The van der Waals surface area contributed by atoms with Crippen molar-refractivity contribution in [3.8, 4) is 5.75 Å². The normalized spacial score (nSPS) is 15.1. The third kappa shape index (κ3) is 3.37. The molecule has 0 heterocycles. The van der Waals surface area contributed by atoms with Crippen molar-refractivity contribution < 1.29 is 27.4 Å². The molecule has 0 saturated carbocycles. The van der Waals surface area contributed by atoms with E-state index < -0.39 is 30.4 Å². The van der Waals surface area contributed by atoms with Crippen LogP contribution in [0.5, 0.6) is 5.75 Å². The van der Waals surface area contributed by atoms with Crippen molar-refractivity contribution >= 4 is 0 Å². The number of halogens is 4. The molecule has 0 radical (unpaired) electrons. The summed E-state index contributed by atoms with van der Waals surface area (Å²) in [6.07, 6.45) is -5.80. The number of hydrogen-bond acceptors (Lipinski definition) is 2. The van der Waals surface area contributed by atoms with Crippen LogP contribution in [-0.2, 0) is 6.42 Å². The van der Waals surface area contributed by atoms with Gasteiger partial charge in [-0.25, -0.2) is 4.39 Å². The Kier molecular flexibility index (Phi) is 4.79. The Labute approximate surface area is 109 Å². The fraction of sp³-hybridized carbons (Fsp3) is 0.538. The van der Waals surface area contributed by atoms with Crippen LogP contribution in [0.2, 0.25) is 0 Å². The molecule has 2 nitrogen and oxygen atoms in total. The minimum Gasteiger partial charge on any atom is -0.493 e. The molecule has 0 amide bonds. The third-order valence-corrected chi connectivity index (χ3v) is 2.93. The van der Waals surface area contributed by atoms with Crippen LogP contribution in [0.3, 0.4) is 0 Å². The molecule has 19 heavy (non-hydrogen) atoms. The van der Waals surface area contributed by atoms with Gasteiger partial charge in [-0.15, -0.1) is 0 Å². The van der Waals surface area contributed by atoms with E-state index in [9.17, 15) is 22.7 Å². The lowest BCUT2D eigenvalue weighted by atomic mass is 9.89. The van der Waals surface area contributed by atoms with Crippen molar-refractivity contribution in [2.24, 2.45) is 0 Å². The average molecular weight is 280 g/mol. The first-order valence-electron chi connectivity index (χ1n) is 5.85. The van der Waals surface area contributed by atoms with Crippen LogP contribution in [-0.4, -0.2) is 24.0 Å². The maximum absolute atomic E-state index is 13.4. The molecule has 0 saturated heterocycles. The summed E-state index contributed by atoms with van der Waals surface area (Å²) in [5.41, 5.74) is -2.88. The van der Waals surface area contributed by atoms with E-state index in [0.29, 0.717) is 0 Å². The highest BCUT2D eigenvalue weighted by molar-refractivity contribution is 5.36. The summed E-state index contributed by atoms with van der Waals surface area (Å²) in [6.45, 7) is 1.54. The first-order chi connectivity index (χ1) is 8.75. The molecule has 1 atom stereocenters. The number of hydrogen-bond donors (Lipinski definition) is 1. The molecule has 0 aliphatic heterocycles. The van der Waals surface area contributed by atoms with Crippen LogP contribution >= 0.6 is 0 Å². The molecular formula is C13H16F4O2. The summed E-state index contributed by atoms with van der Waals surface area (Å²) in [5, 5.41) is 9.81. The molecule has 0 bridgehead atoms. The lowest BCUT2D eigenvalue weighted by molar-refractivity contribution is -0.262. The van der Waals surface area contributed by atoms with Gasteiger partial charge in [0, 0.05) is 12.0 Å². The summed E-state index contributed by atoms with van der Waals surface area (Å²) in [4.78, 5) is 0. The lowest BCUT2D eigenvalue weighted by Crippen LogP contribution is -2.47. The molecule has 6 heteroatoms. The Morgan fingerprint density at radius 3 is 2.37 bits per heavy atom. The van der Waals surface area contributed by atoms with E-state index in [4.69, 9.17) is 4.74 Å². The molecule has 0 fully saturated rings. The second kappa shape index (κ2) is 5.77. The van der Waals surface area contributed by atoms with E-state index in [1.807, 2.05) is 0 Å². The fourth-order valence-electron chi connectivity index (χ4n) is 1.98. The van der Waals surface area contributed by atoms with Gasteiger partial charge in [0.25, 0.3) is 0 Å². The monoisotopic (exact) mass is 280 g/mol. The largest absolute Gasteiger partial charge is 0.493 e. The molecule has 0 aliphatic rings. The molecule has 108 valence electrons. The van der Waals surface area contributed by atoms with E-state index in [0.717, 1.165) is 6.07 Å².